The van der Waals surface area contributed by atoms with Gasteiger partial charge in [-0.3, -0.25) is 0 Å². The molecule has 0 heterocycles. The molecule has 2 rings (SSSR count). The van der Waals surface area contributed by atoms with Gasteiger partial charge in [0.05, 0.1) is 12.6 Å². The molecule has 2 heteroatoms. The SMILES string of the molecule is CCOc1ccccc1C(NC)c1ccccc1. The largest absolute Gasteiger partial charge is 0.494 e. The van der Waals surface area contributed by atoms with E-state index in [1.165, 1.54) is 11.1 Å². The van der Waals surface area contributed by atoms with Crippen LogP contribution in [0.2, 0.25) is 0 Å². The lowest BCUT2D eigenvalue weighted by Crippen LogP contribution is -2.18. The van der Waals surface area contributed by atoms with Crippen LogP contribution in [0.5, 0.6) is 5.75 Å². The summed E-state index contributed by atoms with van der Waals surface area (Å²) in [5.41, 5.74) is 2.42. The predicted octanol–water partition coefficient (Wildman–Crippen LogP) is 3.39. The molecule has 2 aromatic carbocycles. The molecule has 18 heavy (non-hydrogen) atoms. The summed E-state index contributed by atoms with van der Waals surface area (Å²) < 4.78 is 5.70. The standard InChI is InChI=1S/C16H19NO/c1-3-18-15-12-8-7-11-14(15)16(17-2)13-9-5-4-6-10-13/h4-12,16-17H,3H2,1-2H3. The minimum atomic E-state index is 0.161. The first kappa shape index (κ1) is 12.7. The Morgan fingerprint density at radius 2 is 1.67 bits per heavy atom. The Kier molecular flexibility index (Phi) is 4.37. The zero-order valence-electron chi connectivity index (χ0n) is 10.9. The van der Waals surface area contributed by atoms with E-state index in [-0.39, 0.29) is 6.04 Å². The number of para-hydroxylation sites is 1. The third-order valence-corrected chi connectivity index (χ3v) is 2.95. The monoisotopic (exact) mass is 241 g/mol. The highest BCUT2D eigenvalue weighted by atomic mass is 16.5. The molecule has 1 atom stereocenters. The summed E-state index contributed by atoms with van der Waals surface area (Å²) in [4.78, 5) is 0. The molecule has 0 aromatic heterocycles. The average Bonchev–Trinajstić information content (AvgIpc) is 2.43. The summed E-state index contributed by atoms with van der Waals surface area (Å²) in [6.07, 6.45) is 0. The normalized spacial score (nSPS) is 12.1. The van der Waals surface area contributed by atoms with Gasteiger partial charge in [-0.2, -0.15) is 0 Å². The number of ether oxygens (including phenoxy) is 1. The Balaban J connectivity index is 2.39. The molecule has 0 saturated heterocycles. The first-order valence-electron chi connectivity index (χ1n) is 6.30. The van der Waals surface area contributed by atoms with E-state index in [1.54, 1.807) is 0 Å². The van der Waals surface area contributed by atoms with Crippen LogP contribution in [0.15, 0.2) is 54.6 Å². The van der Waals surface area contributed by atoms with Crippen molar-refractivity contribution in [1.29, 1.82) is 0 Å². The van der Waals surface area contributed by atoms with E-state index in [2.05, 4.69) is 35.6 Å². The first-order chi connectivity index (χ1) is 8.86. The van der Waals surface area contributed by atoms with Crippen LogP contribution in [0.4, 0.5) is 0 Å². The third kappa shape index (κ3) is 2.71. The lowest BCUT2D eigenvalue weighted by Gasteiger charge is -2.20. The van der Waals surface area contributed by atoms with Crippen molar-refractivity contribution in [1.82, 2.24) is 5.32 Å². The molecule has 0 fully saturated rings. The van der Waals surface area contributed by atoms with Gasteiger partial charge in [0.25, 0.3) is 0 Å². The molecule has 2 nitrogen and oxygen atoms in total. The molecule has 0 saturated carbocycles. The zero-order chi connectivity index (χ0) is 12.8. The molecule has 0 radical (unpaired) electrons. The molecule has 1 unspecified atom stereocenters. The lowest BCUT2D eigenvalue weighted by molar-refractivity contribution is 0.334. The molecule has 0 bridgehead atoms. The van der Waals surface area contributed by atoms with Crippen LogP contribution in [0.25, 0.3) is 0 Å². The van der Waals surface area contributed by atoms with E-state index in [1.807, 2.05) is 38.2 Å². The highest BCUT2D eigenvalue weighted by Gasteiger charge is 2.15. The van der Waals surface area contributed by atoms with Crippen molar-refractivity contribution < 1.29 is 4.74 Å². The average molecular weight is 241 g/mol. The molecule has 0 aliphatic carbocycles. The fourth-order valence-electron chi connectivity index (χ4n) is 2.15. The first-order valence-corrected chi connectivity index (χ1v) is 6.30. The molecule has 2 aromatic rings. The van der Waals surface area contributed by atoms with Crippen LogP contribution in [-0.2, 0) is 0 Å². The van der Waals surface area contributed by atoms with Gasteiger partial charge in [-0.05, 0) is 25.6 Å². The topological polar surface area (TPSA) is 21.3 Å². The van der Waals surface area contributed by atoms with Crippen molar-refractivity contribution >= 4 is 0 Å². The summed E-state index contributed by atoms with van der Waals surface area (Å²) in [5, 5.41) is 3.35. The maximum Gasteiger partial charge on any atom is 0.124 e. The van der Waals surface area contributed by atoms with Crippen LogP contribution in [0.3, 0.4) is 0 Å². The van der Waals surface area contributed by atoms with Gasteiger partial charge in [-0.25, -0.2) is 0 Å². The number of hydrogen-bond donors (Lipinski definition) is 1. The summed E-state index contributed by atoms with van der Waals surface area (Å²) in [6, 6.07) is 18.8. The van der Waals surface area contributed by atoms with Gasteiger partial charge < -0.3 is 10.1 Å². The van der Waals surface area contributed by atoms with Crippen molar-refractivity contribution in [2.45, 2.75) is 13.0 Å². The molecule has 0 spiro atoms. The van der Waals surface area contributed by atoms with E-state index >= 15 is 0 Å². The molecule has 94 valence electrons. The van der Waals surface area contributed by atoms with E-state index < -0.39 is 0 Å². The Labute approximate surface area is 109 Å². The molecular formula is C16H19NO. The predicted molar refractivity (Wildman–Crippen MR) is 75.0 cm³/mol. The number of benzene rings is 2. The van der Waals surface area contributed by atoms with Crippen LogP contribution >= 0.6 is 0 Å². The van der Waals surface area contributed by atoms with Crippen LogP contribution in [-0.4, -0.2) is 13.7 Å². The second-order valence-corrected chi connectivity index (χ2v) is 4.10. The maximum absolute atomic E-state index is 5.70. The Morgan fingerprint density at radius 3 is 2.33 bits per heavy atom. The van der Waals surface area contributed by atoms with Crippen LogP contribution in [0.1, 0.15) is 24.1 Å². The van der Waals surface area contributed by atoms with Gasteiger partial charge in [0.1, 0.15) is 5.75 Å². The molecule has 1 N–H and O–H groups in total. The number of nitrogens with one attached hydrogen (secondary N) is 1. The van der Waals surface area contributed by atoms with Crippen molar-refractivity contribution in [3.05, 3.63) is 65.7 Å². The van der Waals surface area contributed by atoms with E-state index in [9.17, 15) is 0 Å². The second-order valence-electron chi connectivity index (χ2n) is 4.10. The molecule has 0 amide bonds. The lowest BCUT2D eigenvalue weighted by atomic mass is 9.98. The van der Waals surface area contributed by atoms with Crippen LogP contribution in [0, 0.1) is 0 Å². The van der Waals surface area contributed by atoms with E-state index in [0.29, 0.717) is 6.61 Å². The van der Waals surface area contributed by atoms with Gasteiger partial charge >= 0.3 is 0 Å². The van der Waals surface area contributed by atoms with E-state index in [4.69, 9.17) is 4.74 Å². The van der Waals surface area contributed by atoms with Crippen molar-refractivity contribution in [2.75, 3.05) is 13.7 Å². The van der Waals surface area contributed by atoms with Gasteiger partial charge in [0.15, 0.2) is 0 Å². The second kappa shape index (κ2) is 6.22. The number of rotatable bonds is 5. The Morgan fingerprint density at radius 1 is 1.00 bits per heavy atom. The minimum Gasteiger partial charge on any atom is -0.494 e. The Bertz CT molecular complexity index is 481. The zero-order valence-corrected chi connectivity index (χ0v) is 10.9. The highest BCUT2D eigenvalue weighted by molar-refractivity contribution is 5.41. The smallest absolute Gasteiger partial charge is 0.124 e. The van der Waals surface area contributed by atoms with Crippen molar-refractivity contribution in [3.8, 4) is 5.75 Å². The quantitative estimate of drug-likeness (QED) is 0.866. The fourth-order valence-corrected chi connectivity index (χ4v) is 2.15. The molecule has 0 aliphatic heterocycles. The summed E-state index contributed by atoms with van der Waals surface area (Å²) in [5.74, 6) is 0.947. The summed E-state index contributed by atoms with van der Waals surface area (Å²) >= 11 is 0. The maximum atomic E-state index is 5.70. The van der Waals surface area contributed by atoms with Crippen LogP contribution < -0.4 is 10.1 Å². The fraction of sp³-hybridized carbons (Fsp3) is 0.250. The van der Waals surface area contributed by atoms with Gasteiger partial charge in [-0.15, -0.1) is 0 Å². The van der Waals surface area contributed by atoms with Crippen molar-refractivity contribution in [2.24, 2.45) is 0 Å². The van der Waals surface area contributed by atoms with Gasteiger partial charge in [-0.1, -0.05) is 48.5 Å². The van der Waals surface area contributed by atoms with Gasteiger partial charge in [0, 0.05) is 5.56 Å². The summed E-state index contributed by atoms with van der Waals surface area (Å²) in [6.45, 7) is 2.69. The number of hydrogen-bond acceptors (Lipinski definition) is 2. The molecular weight excluding hydrogens is 222 g/mol. The third-order valence-electron chi connectivity index (χ3n) is 2.95. The summed E-state index contributed by atoms with van der Waals surface area (Å²) in [7, 11) is 1.97. The molecule has 0 aliphatic rings. The Hall–Kier alpha value is -1.80. The van der Waals surface area contributed by atoms with Crippen molar-refractivity contribution in [3.63, 3.8) is 0 Å². The highest BCUT2D eigenvalue weighted by Crippen LogP contribution is 2.29. The minimum absolute atomic E-state index is 0.161. The van der Waals surface area contributed by atoms with E-state index in [0.717, 1.165) is 5.75 Å². The van der Waals surface area contributed by atoms with Gasteiger partial charge in [0.2, 0.25) is 0 Å².